The van der Waals surface area contributed by atoms with E-state index in [-0.39, 0.29) is 0 Å². The van der Waals surface area contributed by atoms with E-state index in [0.29, 0.717) is 0 Å². The maximum Gasteiger partial charge on any atom is 0.0656 e. The highest BCUT2D eigenvalue weighted by Crippen LogP contribution is 1.88. The molecule has 0 rings (SSSR count). The Morgan fingerprint density at radius 2 is 2.00 bits per heavy atom. The molecule has 0 heterocycles. The monoisotopic (exact) mass is 147 g/mol. The Balaban J connectivity index is 3.21. The number of rotatable bonds is 6. The summed E-state index contributed by atoms with van der Waals surface area (Å²) in [4.78, 5) is 5.25. The lowest BCUT2D eigenvalue weighted by Gasteiger charge is -2.17. The van der Waals surface area contributed by atoms with E-state index in [2.05, 4.69) is 6.92 Å². The average Bonchev–Trinajstić information content (AvgIpc) is 1.98. The van der Waals surface area contributed by atoms with Crippen LogP contribution in [-0.2, 0) is 9.57 Å². The number of hydroxylamine groups is 2. The molecule has 0 aromatic carbocycles. The first-order valence-electron chi connectivity index (χ1n) is 3.71. The second-order valence-corrected chi connectivity index (χ2v) is 1.93. The number of hydrogen-bond donors (Lipinski definition) is 0. The quantitative estimate of drug-likeness (QED) is 0.521. The molecule has 0 bridgehead atoms. The first-order chi connectivity index (χ1) is 4.85. The van der Waals surface area contributed by atoms with Crippen molar-refractivity contribution in [2.75, 3.05) is 33.4 Å². The van der Waals surface area contributed by atoms with Crippen LogP contribution in [0.2, 0.25) is 0 Å². The van der Waals surface area contributed by atoms with Crippen LogP contribution in [-0.4, -0.2) is 38.5 Å². The fraction of sp³-hybridized carbons (Fsp3) is 1.00. The van der Waals surface area contributed by atoms with Gasteiger partial charge in [-0.15, -0.1) is 0 Å². The van der Waals surface area contributed by atoms with Crippen LogP contribution in [0, 0.1) is 0 Å². The van der Waals surface area contributed by atoms with Gasteiger partial charge in [-0.3, -0.25) is 4.84 Å². The van der Waals surface area contributed by atoms with Gasteiger partial charge in [0.2, 0.25) is 0 Å². The van der Waals surface area contributed by atoms with Gasteiger partial charge in [-0.1, -0.05) is 6.92 Å². The van der Waals surface area contributed by atoms with Crippen LogP contribution in [0.15, 0.2) is 0 Å². The van der Waals surface area contributed by atoms with E-state index in [0.717, 1.165) is 26.3 Å². The Morgan fingerprint density at radius 3 is 2.40 bits per heavy atom. The van der Waals surface area contributed by atoms with Crippen LogP contribution < -0.4 is 0 Å². The highest BCUT2D eigenvalue weighted by molar-refractivity contribution is 4.38. The predicted molar refractivity (Wildman–Crippen MR) is 40.7 cm³/mol. The molecule has 0 N–H and O–H groups in total. The van der Waals surface area contributed by atoms with Crippen molar-refractivity contribution < 1.29 is 9.57 Å². The zero-order chi connectivity index (χ0) is 7.82. The third kappa shape index (κ3) is 4.73. The summed E-state index contributed by atoms with van der Waals surface area (Å²) < 4.78 is 4.90. The van der Waals surface area contributed by atoms with Gasteiger partial charge in [-0.2, -0.15) is 5.06 Å². The first-order valence-corrected chi connectivity index (χ1v) is 3.71. The lowest BCUT2D eigenvalue weighted by molar-refractivity contribution is -0.157. The van der Waals surface area contributed by atoms with E-state index in [1.807, 2.05) is 12.0 Å². The summed E-state index contributed by atoms with van der Waals surface area (Å²) >= 11 is 0. The summed E-state index contributed by atoms with van der Waals surface area (Å²) in [5, 5.41) is 1.89. The Bertz CT molecular complexity index is 68.6. The van der Waals surface area contributed by atoms with Gasteiger partial charge in [-0.25, -0.2) is 0 Å². The van der Waals surface area contributed by atoms with Crippen molar-refractivity contribution in [2.45, 2.75) is 13.8 Å². The standard InChI is InChI=1S/C7H17NO2/c1-4-8(10-5-2)6-7-9-3/h4-7H2,1-3H3. The number of methoxy groups -OCH3 is 1. The van der Waals surface area contributed by atoms with Gasteiger partial charge in [0, 0.05) is 20.2 Å². The van der Waals surface area contributed by atoms with E-state index in [4.69, 9.17) is 9.57 Å². The molecule has 3 heteroatoms. The minimum absolute atomic E-state index is 0.730. The van der Waals surface area contributed by atoms with Crippen molar-refractivity contribution in [3.05, 3.63) is 0 Å². The van der Waals surface area contributed by atoms with Gasteiger partial charge < -0.3 is 4.74 Å². The van der Waals surface area contributed by atoms with Crippen LogP contribution in [0.3, 0.4) is 0 Å². The Labute approximate surface area is 62.9 Å². The van der Waals surface area contributed by atoms with E-state index in [1.165, 1.54) is 0 Å². The SMILES string of the molecule is CCON(CC)CCOC. The van der Waals surface area contributed by atoms with Gasteiger partial charge in [-0.05, 0) is 6.92 Å². The molecule has 0 aromatic rings. The third-order valence-corrected chi connectivity index (χ3v) is 1.21. The molecule has 0 saturated carbocycles. The third-order valence-electron chi connectivity index (χ3n) is 1.21. The summed E-state index contributed by atoms with van der Waals surface area (Å²) in [6, 6.07) is 0. The van der Waals surface area contributed by atoms with Gasteiger partial charge in [0.1, 0.15) is 0 Å². The van der Waals surface area contributed by atoms with Crippen LogP contribution >= 0.6 is 0 Å². The largest absolute Gasteiger partial charge is 0.383 e. The van der Waals surface area contributed by atoms with Crippen LogP contribution in [0.5, 0.6) is 0 Å². The first kappa shape index (κ1) is 9.88. The molecule has 0 unspecified atom stereocenters. The highest BCUT2D eigenvalue weighted by atomic mass is 16.7. The average molecular weight is 147 g/mol. The zero-order valence-corrected chi connectivity index (χ0v) is 7.09. The molecular formula is C7H17NO2. The van der Waals surface area contributed by atoms with Crippen molar-refractivity contribution >= 4 is 0 Å². The number of ether oxygens (including phenoxy) is 1. The van der Waals surface area contributed by atoms with E-state index >= 15 is 0 Å². The summed E-state index contributed by atoms with van der Waals surface area (Å²) in [6.45, 7) is 7.27. The summed E-state index contributed by atoms with van der Waals surface area (Å²) in [6.07, 6.45) is 0. The molecule has 0 aliphatic heterocycles. The van der Waals surface area contributed by atoms with Crippen molar-refractivity contribution in [1.29, 1.82) is 0 Å². The number of likely N-dealkylation sites (N-methyl/N-ethyl adjacent to an activating group) is 1. The molecule has 62 valence electrons. The molecule has 0 aromatic heterocycles. The van der Waals surface area contributed by atoms with E-state index < -0.39 is 0 Å². The maximum absolute atomic E-state index is 5.25. The second-order valence-electron chi connectivity index (χ2n) is 1.93. The zero-order valence-electron chi connectivity index (χ0n) is 7.09. The minimum Gasteiger partial charge on any atom is -0.383 e. The van der Waals surface area contributed by atoms with Gasteiger partial charge in [0.25, 0.3) is 0 Å². The fourth-order valence-electron chi connectivity index (χ4n) is 0.690. The number of hydrogen-bond acceptors (Lipinski definition) is 3. The molecule has 3 nitrogen and oxygen atoms in total. The highest BCUT2D eigenvalue weighted by Gasteiger charge is 1.98. The minimum atomic E-state index is 0.730. The molecular weight excluding hydrogens is 130 g/mol. The maximum atomic E-state index is 5.25. The molecule has 0 amide bonds. The topological polar surface area (TPSA) is 21.7 Å². The van der Waals surface area contributed by atoms with E-state index in [1.54, 1.807) is 7.11 Å². The van der Waals surface area contributed by atoms with Crippen LogP contribution in [0.25, 0.3) is 0 Å². The van der Waals surface area contributed by atoms with Gasteiger partial charge >= 0.3 is 0 Å². The summed E-state index contributed by atoms with van der Waals surface area (Å²) in [5.74, 6) is 0. The summed E-state index contributed by atoms with van der Waals surface area (Å²) in [7, 11) is 1.69. The molecule has 10 heavy (non-hydrogen) atoms. The van der Waals surface area contributed by atoms with Crippen molar-refractivity contribution in [2.24, 2.45) is 0 Å². The van der Waals surface area contributed by atoms with Gasteiger partial charge in [0.05, 0.1) is 13.2 Å². The number of nitrogens with zero attached hydrogens (tertiary/aromatic N) is 1. The Morgan fingerprint density at radius 1 is 1.30 bits per heavy atom. The molecule has 0 atom stereocenters. The Hall–Kier alpha value is -0.120. The van der Waals surface area contributed by atoms with Crippen molar-refractivity contribution in [1.82, 2.24) is 5.06 Å². The second kappa shape index (κ2) is 6.99. The normalized spacial score (nSPS) is 10.8. The molecule has 0 aliphatic rings. The smallest absolute Gasteiger partial charge is 0.0656 e. The lowest BCUT2D eigenvalue weighted by Crippen LogP contribution is -2.27. The van der Waals surface area contributed by atoms with Gasteiger partial charge in [0.15, 0.2) is 0 Å². The Kier molecular flexibility index (Phi) is 6.91. The van der Waals surface area contributed by atoms with Crippen molar-refractivity contribution in [3.63, 3.8) is 0 Å². The summed E-state index contributed by atoms with van der Waals surface area (Å²) in [5.41, 5.74) is 0. The van der Waals surface area contributed by atoms with Crippen LogP contribution in [0.1, 0.15) is 13.8 Å². The van der Waals surface area contributed by atoms with E-state index in [9.17, 15) is 0 Å². The fourth-order valence-corrected chi connectivity index (χ4v) is 0.690. The lowest BCUT2D eigenvalue weighted by atomic mass is 10.6. The van der Waals surface area contributed by atoms with Crippen LogP contribution in [0.4, 0.5) is 0 Å². The molecule has 0 radical (unpaired) electrons. The molecule has 0 spiro atoms. The predicted octanol–water partition coefficient (Wildman–Crippen LogP) is 0.906. The van der Waals surface area contributed by atoms with Crippen molar-refractivity contribution in [3.8, 4) is 0 Å². The molecule has 0 fully saturated rings. The molecule has 0 saturated heterocycles. The molecule has 0 aliphatic carbocycles.